The normalized spacial score (nSPS) is 14.5. The number of aromatic nitrogens is 1. The fourth-order valence-corrected chi connectivity index (χ4v) is 2.91. The summed E-state index contributed by atoms with van der Waals surface area (Å²) < 4.78 is 0. The third-order valence-electron chi connectivity index (χ3n) is 3.28. The van der Waals surface area contributed by atoms with Gasteiger partial charge in [0.25, 0.3) is 0 Å². The number of hydrogen-bond acceptors (Lipinski definition) is 5. The van der Waals surface area contributed by atoms with E-state index >= 15 is 0 Å². The van der Waals surface area contributed by atoms with Crippen LogP contribution in [0, 0.1) is 0 Å². The second kappa shape index (κ2) is 6.07. The second-order valence-corrected chi connectivity index (χ2v) is 5.68. The predicted molar refractivity (Wildman–Crippen MR) is 82.1 cm³/mol. The average molecular weight is 315 g/mol. The first kappa shape index (κ1) is 14.4. The highest BCUT2D eigenvalue weighted by Gasteiger charge is 2.30. The molecule has 0 atom stereocenters. The number of carbonyl (C=O) groups excluding carboxylic acids is 3. The average Bonchev–Trinajstić information content (AvgIpc) is 3.10. The van der Waals surface area contributed by atoms with Crippen LogP contribution in [0.2, 0.25) is 0 Å². The molecular formula is C15H13N3O3S. The maximum atomic E-state index is 11.9. The number of amides is 3. The SMILES string of the molecule is O=C(CN1C(=O)CCC1=O)Nc1nc(-c2ccccc2)cs1. The third kappa shape index (κ3) is 3.04. The summed E-state index contributed by atoms with van der Waals surface area (Å²) in [5, 5.41) is 4.91. The third-order valence-corrected chi connectivity index (χ3v) is 4.03. The molecule has 2 heterocycles. The standard InChI is InChI=1S/C15H13N3O3S/c19-12(8-18-13(20)6-7-14(18)21)17-15-16-11(9-22-15)10-4-2-1-3-5-10/h1-5,9H,6-8H2,(H,16,17,19). The van der Waals surface area contributed by atoms with Crippen LogP contribution in [0.15, 0.2) is 35.7 Å². The second-order valence-electron chi connectivity index (χ2n) is 4.83. The van der Waals surface area contributed by atoms with Crippen LogP contribution in [-0.4, -0.2) is 34.2 Å². The highest BCUT2D eigenvalue weighted by molar-refractivity contribution is 7.14. The zero-order chi connectivity index (χ0) is 15.5. The fraction of sp³-hybridized carbons (Fsp3) is 0.200. The molecule has 1 aliphatic rings. The number of nitrogens with one attached hydrogen (secondary N) is 1. The molecule has 2 aromatic rings. The van der Waals surface area contributed by atoms with E-state index in [9.17, 15) is 14.4 Å². The lowest BCUT2D eigenvalue weighted by atomic mass is 10.2. The van der Waals surface area contributed by atoms with Gasteiger partial charge in [0.2, 0.25) is 17.7 Å². The summed E-state index contributed by atoms with van der Waals surface area (Å²) in [4.78, 5) is 40.2. The largest absolute Gasteiger partial charge is 0.300 e. The zero-order valence-corrected chi connectivity index (χ0v) is 12.4. The maximum absolute atomic E-state index is 11.9. The highest BCUT2D eigenvalue weighted by atomic mass is 32.1. The molecule has 112 valence electrons. The first-order valence-corrected chi connectivity index (χ1v) is 7.65. The molecule has 0 aliphatic carbocycles. The molecule has 1 aromatic carbocycles. The van der Waals surface area contributed by atoms with Crippen molar-refractivity contribution >= 4 is 34.2 Å². The van der Waals surface area contributed by atoms with Crippen LogP contribution >= 0.6 is 11.3 Å². The van der Waals surface area contributed by atoms with E-state index in [1.54, 1.807) is 0 Å². The van der Waals surface area contributed by atoms with Gasteiger partial charge in [0.1, 0.15) is 6.54 Å². The number of rotatable bonds is 4. The topological polar surface area (TPSA) is 79.4 Å². The summed E-state index contributed by atoms with van der Waals surface area (Å²) in [5.74, 6) is -1.02. The van der Waals surface area contributed by atoms with Crippen molar-refractivity contribution in [2.45, 2.75) is 12.8 Å². The quantitative estimate of drug-likeness (QED) is 0.874. The van der Waals surface area contributed by atoms with Gasteiger partial charge in [0, 0.05) is 23.8 Å². The van der Waals surface area contributed by atoms with E-state index in [2.05, 4.69) is 10.3 Å². The van der Waals surface area contributed by atoms with Crippen molar-refractivity contribution in [3.63, 3.8) is 0 Å². The van der Waals surface area contributed by atoms with E-state index in [0.29, 0.717) is 5.13 Å². The fourth-order valence-electron chi connectivity index (χ4n) is 2.17. The Kier molecular flexibility index (Phi) is 3.97. The molecule has 1 aliphatic heterocycles. The molecule has 1 fully saturated rings. The van der Waals surface area contributed by atoms with Crippen LogP contribution in [0.4, 0.5) is 5.13 Å². The molecule has 0 unspecified atom stereocenters. The van der Waals surface area contributed by atoms with Crippen LogP contribution in [0.3, 0.4) is 0 Å². The molecule has 3 rings (SSSR count). The van der Waals surface area contributed by atoms with Crippen LogP contribution in [-0.2, 0) is 14.4 Å². The van der Waals surface area contributed by atoms with Crippen molar-refractivity contribution in [1.29, 1.82) is 0 Å². The number of thiazole rings is 1. The van der Waals surface area contributed by atoms with Crippen LogP contribution in [0.5, 0.6) is 0 Å². The molecule has 0 bridgehead atoms. The monoisotopic (exact) mass is 315 g/mol. The van der Waals surface area contributed by atoms with Gasteiger partial charge >= 0.3 is 0 Å². The Morgan fingerprint density at radius 2 is 1.86 bits per heavy atom. The molecule has 7 heteroatoms. The number of anilines is 1. The summed E-state index contributed by atoms with van der Waals surface area (Å²) in [5.41, 5.74) is 1.73. The van der Waals surface area contributed by atoms with Crippen LogP contribution < -0.4 is 5.32 Å². The smallest absolute Gasteiger partial charge is 0.246 e. The number of nitrogens with zero attached hydrogens (tertiary/aromatic N) is 2. The maximum Gasteiger partial charge on any atom is 0.246 e. The zero-order valence-electron chi connectivity index (χ0n) is 11.6. The van der Waals surface area contributed by atoms with Crippen molar-refractivity contribution < 1.29 is 14.4 Å². The molecule has 0 saturated carbocycles. The molecule has 1 aromatic heterocycles. The predicted octanol–water partition coefficient (Wildman–Crippen LogP) is 1.90. The number of benzene rings is 1. The van der Waals surface area contributed by atoms with E-state index in [-0.39, 0.29) is 31.2 Å². The summed E-state index contributed by atoms with van der Waals surface area (Å²) in [7, 11) is 0. The van der Waals surface area contributed by atoms with Gasteiger partial charge in [-0.3, -0.25) is 19.3 Å². The minimum absolute atomic E-state index is 0.182. The molecule has 1 N–H and O–H groups in total. The summed E-state index contributed by atoms with van der Waals surface area (Å²) in [6.07, 6.45) is 0.364. The molecule has 3 amide bonds. The Labute approximate surface area is 130 Å². The number of imide groups is 1. The van der Waals surface area contributed by atoms with Crippen molar-refractivity contribution in [1.82, 2.24) is 9.88 Å². The Bertz CT molecular complexity index is 711. The Morgan fingerprint density at radius 1 is 1.18 bits per heavy atom. The Balaban J connectivity index is 1.64. The molecular weight excluding hydrogens is 302 g/mol. The van der Waals surface area contributed by atoms with E-state index in [4.69, 9.17) is 0 Å². The molecule has 0 spiro atoms. The van der Waals surface area contributed by atoms with Crippen molar-refractivity contribution in [2.75, 3.05) is 11.9 Å². The van der Waals surface area contributed by atoms with E-state index in [1.807, 2.05) is 35.7 Å². The molecule has 22 heavy (non-hydrogen) atoms. The van der Waals surface area contributed by atoms with Gasteiger partial charge in [-0.05, 0) is 0 Å². The summed E-state index contributed by atoms with van der Waals surface area (Å²) in [6, 6.07) is 9.61. The lowest BCUT2D eigenvalue weighted by molar-refractivity contribution is -0.141. The van der Waals surface area contributed by atoms with E-state index in [1.165, 1.54) is 11.3 Å². The lowest BCUT2D eigenvalue weighted by Gasteiger charge is -2.12. The van der Waals surface area contributed by atoms with Crippen LogP contribution in [0.25, 0.3) is 11.3 Å². The van der Waals surface area contributed by atoms with Gasteiger partial charge in [-0.2, -0.15) is 0 Å². The first-order chi connectivity index (χ1) is 10.6. The van der Waals surface area contributed by atoms with Crippen LogP contribution in [0.1, 0.15) is 12.8 Å². The van der Waals surface area contributed by atoms with Gasteiger partial charge in [-0.1, -0.05) is 30.3 Å². The number of carbonyl (C=O) groups is 3. The van der Waals surface area contributed by atoms with Crippen molar-refractivity contribution in [2.24, 2.45) is 0 Å². The summed E-state index contributed by atoms with van der Waals surface area (Å²) in [6.45, 7) is -0.252. The Hall–Kier alpha value is -2.54. The molecule has 0 radical (unpaired) electrons. The number of hydrogen-bond donors (Lipinski definition) is 1. The van der Waals surface area contributed by atoms with E-state index < -0.39 is 5.91 Å². The minimum Gasteiger partial charge on any atom is -0.300 e. The van der Waals surface area contributed by atoms with Gasteiger partial charge in [-0.25, -0.2) is 4.98 Å². The minimum atomic E-state index is -0.419. The Morgan fingerprint density at radius 3 is 2.55 bits per heavy atom. The number of likely N-dealkylation sites (tertiary alicyclic amines) is 1. The van der Waals surface area contributed by atoms with E-state index in [0.717, 1.165) is 16.2 Å². The summed E-state index contributed by atoms with van der Waals surface area (Å²) >= 11 is 1.30. The molecule has 1 saturated heterocycles. The van der Waals surface area contributed by atoms with Crippen molar-refractivity contribution in [3.05, 3.63) is 35.7 Å². The molecule has 6 nitrogen and oxygen atoms in total. The van der Waals surface area contributed by atoms with Gasteiger partial charge in [-0.15, -0.1) is 11.3 Å². The van der Waals surface area contributed by atoms with Crippen molar-refractivity contribution in [3.8, 4) is 11.3 Å². The van der Waals surface area contributed by atoms with Gasteiger partial charge < -0.3 is 5.32 Å². The first-order valence-electron chi connectivity index (χ1n) is 6.77. The highest BCUT2D eigenvalue weighted by Crippen LogP contribution is 2.24. The van der Waals surface area contributed by atoms with Gasteiger partial charge in [0.05, 0.1) is 5.69 Å². The lowest BCUT2D eigenvalue weighted by Crippen LogP contribution is -2.36. The van der Waals surface area contributed by atoms with Gasteiger partial charge in [0.15, 0.2) is 5.13 Å².